The van der Waals surface area contributed by atoms with Gasteiger partial charge in [-0.1, -0.05) is 30.3 Å². The smallest absolute Gasteiger partial charge is 0.410 e. The van der Waals surface area contributed by atoms with Crippen LogP contribution in [-0.2, 0) is 9.47 Å². The van der Waals surface area contributed by atoms with E-state index in [0.29, 0.717) is 28.4 Å². The molecule has 156 valence electrons. The number of hydrogen-bond donors (Lipinski definition) is 1. The number of thiazole rings is 1. The van der Waals surface area contributed by atoms with Crippen molar-refractivity contribution in [3.8, 4) is 0 Å². The first-order chi connectivity index (χ1) is 13.7. The molecule has 0 spiro atoms. The van der Waals surface area contributed by atoms with Crippen molar-refractivity contribution in [3.63, 3.8) is 0 Å². The van der Waals surface area contributed by atoms with Crippen molar-refractivity contribution in [1.29, 1.82) is 0 Å². The highest BCUT2D eigenvalue weighted by Gasteiger charge is 2.37. The fourth-order valence-corrected chi connectivity index (χ4v) is 4.49. The summed E-state index contributed by atoms with van der Waals surface area (Å²) >= 11 is 1.23. The van der Waals surface area contributed by atoms with Gasteiger partial charge in [0.1, 0.15) is 16.7 Å². The molecule has 0 bridgehead atoms. The summed E-state index contributed by atoms with van der Waals surface area (Å²) in [5, 5.41) is 11.5. The number of benzene rings is 1. The molecular formula is C21H26N2O5S. The van der Waals surface area contributed by atoms with Crippen molar-refractivity contribution in [3.05, 3.63) is 51.5 Å². The molecule has 1 unspecified atom stereocenters. The van der Waals surface area contributed by atoms with Crippen LogP contribution in [0.15, 0.2) is 30.3 Å². The van der Waals surface area contributed by atoms with Gasteiger partial charge in [0.25, 0.3) is 0 Å². The van der Waals surface area contributed by atoms with E-state index in [1.165, 1.54) is 18.4 Å². The first kappa shape index (κ1) is 21.3. The molecule has 0 radical (unpaired) electrons. The third-order valence-corrected chi connectivity index (χ3v) is 5.79. The van der Waals surface area contributed by atoms with Crippen LogP contribution in [-0.4, -0.2) is 46.3 Å². The van der Waals surface area contributed by atoms with Gasteiger partial charge >= 0.3 is 12.1 Å². The van der Waals surface area contributed by atoms with E-state index in [1.54, 1.807) is 17.0 Å². The standard InChI is InChI=1S/C21H26N2O5S/c1-21(2,3)28-20(26)23-12-8-11-14(23)18-22-15(19(25)27-4)17(29-18)16(24)13-9-6-5-7-10-13/h5-7,9-10,14,16,24H,8,11-12H2,1-4H3/t14-,16?/m0/s1. The van der Waals surface area contributed by atoms with Crippen LogP contribution in [0.4, 0.5) is 4.79 Å². The summed E-state index contributed by atoms with van der Waals surface area (Å²) in [4.78, 5) is 31.5. The number of methoxy groups -OCH3 is 1. The molecule has 2 atom stereocenters. The van der Waals surface area contributed by atoms with Gasteiger partial charge in [-0.05, 0) is 39.2 Å². The summed E-state index contributed by atoms with van der Waals surface area (Å²) < 4.78 is 10.4. The molecule has 7 nitrogen and oxygen atoms in total. The number of aliphatic hydroxyl groups is 1. The molecule has 1 aliphatic heterocycles. The molecule has 1 saturated heterocycles. The molecular weight excluding hydrogens is 392 g/mol. The Morgan fingerprint density at radius 2 is 1.97 bits per heavy atom. The highest BCUT2D eigenvalue weighted by molar-refractivity contribution is 7.12. The van der Waals surface area contributed by atoms with E-state index < -0.39 is 23.8 Å². The molecule has 1 aromatic carbocycles. The molecule has 0 saturated carbocycles. The predicted octanol–water partition coefficient (Wildman–Crippen LogP) is 4.08. The van der Waals surface area contributed by atoms with Crippen LogP contribution in [0, 0.1) is 0 Å². The van der Waals surface area contributed by atoms with Crippen LogP contribution in [0.25, 0.3) is 0 Å². The Balaban J connectivity index is 1.94. The predicted molar refractivity (Wildman–Crippen MR) is 109 cm³/mol. The van der Waals surface area contributed by atoms with Crippen molar-refractivity contribution >= 4 is 23.4 Å². The zero-order valence-electron chi connectivity index (χ0n) is 17.0. The van der Waals surface area contributed by atoms with Crippen molar-refractivity contribution in [2.45, 2.75) is 51.4 Å². The summed E-state index contributed by atoms with van der Waals surface area (Å²) in [6.07, 6.45) is 0.120. The molecule has 1 aromatic heterocycles. The summed E-state index contributed by atoms with van der Waals surface area (Å²) in [6.45, 7) is 6.03. The number of nitrogens with zero attached hydrogens (tertiary/aromatic N) is 2. The van der Waals surface area contributed by atoms with E-state index in [9.17, 15) is 14.7 Å². The van der Waals surface area contributed by atoms with Crippen molar-refractivity contribution in [2.75, 3.05) is 13.7 Å². The Labute approximate surface area is 174 Å². The van der Waals surface area contributed by atoms with Crippen LogP contribution in [0.3, 0.4) is 0 Å². The number of rotatable bonds is 4. The average Bonchev–Trinajstić information content (AvgIpc) is 3.33. The molecule has 8 heteroatoms. The van der Waals surface area contributed by atoms with Gasteiger partial charge in [0.15, 0.2) is 5.69 Å². The Hall–Kier alpha value is -2.45. The molecule has 1 amide bonds. The van der Waals surface area contributed by atoms with Gasteiger partial charge in [-0.3, -0.25) is 4.90 Å². The lowest BCUT2D eigenvalue weighted by Crippen LogP contribution is -2.36. The molecule has 2 heterocycles. The molecule has 1 fully saturated rings. The van der Waals surface area contributed by atoms with Crippen LogP contribution < -0.4 is 0 Å². The first-order valence-electron chi connectivity index (χ1n) is 9.53. The van der Waals surface area contributed by atoms with Gasteiger partial charge in [0.2, 0.25) is 0 Å². The van der Waals surface area contributed by atoms with Crippen LogP contribution in [0.2, 0.25) is 0 Å². The largest absolute Gasteiger partial charge is 0.464 e. The normalized spacial score (nSPS) is 17.8. The lowest BCUT2D eigenvalue weighted by atomic mass is 10.1. The van der Waals surface area contributed by atoms with Crippen LogP contribution in [0.5, 0.6) is 0 Å². The van der Waals surface area contributed by atoms with Gasteiger partial charge in [-0.2, -0.15) is 0 Å². The number of aromatic nitrogens is 1. The second-order valence-corrected chi connectivity index (χ2v) is 8.96. The van der Waals surface area contributed by atoms with Crippen molar-refractivity contribution < 1.29 is 24.2 Å². The van der Waals surface area contributed by atoms with Gasteiger partial charge in [-0.15, -0.1) is 11.3 Å². The monoisotopic (exact) mass is 418 g/mol. The molecule has 3 rings (SSSR count). The lowest BCUT2D eigenvalue weighted by molar-refractivity contribution is 0.0224. The van der Waals surface area contributed by atoms with E-state index in [4.69, 9.17) is 9.47 Å². The zero-order chi connectivity index (χ0) is 21.2. The zero-order valence-corrected chi connectivity index (χ0v) is 17.9. The average molecular weight is 419 g/mol. The van der Waals surface area contributed by atoms with E-state index in [0.717, 1.165) is 6.42 Å². The first-order valence-corrected chi connectivity index (χ1v) is 10.3. The number of carbonyl (C=O) groups excluding carboxylic acids is 2. The topological polar surface area (TPSA) is 89.0 Å². The van der Waals surface area contributed by atoms with Gasteiger partial charge in [0.05, 0.1) is 18.0 Å². The fourth-order valence-electron chi connectivity index (χ4n) is 3.27. The maximum absolute atomic E-state index is 12.6. The molecule has 1 aliphatic rings. The Morgan fingerprint density at radius 1 is 1.28 bits per heavy atom. The van der Waals surface area contributed by atoms with Crippen molar-refractivity contribution in [2.24, 2.45) is 0 Å². The van der Waals surface area contributed by atoms with E-state index in [2.05, 4.69) is 4.98 Å². The highest BCUT2D eigenvalue weighted by Crippen LogP contribution is 2.39. The van der Waals surface area contributed by atoms with E-state index in [-0.39, 0.29) is 11.7 Å². The lowest BCUT2D eigenvalue weighted by Gasteiger charge is -2.27. The van der Waals surface area contributed by atoms with E-state index in [1.807, 2.05) is 39.0 Å². The second-order valence-electron chi connectivity index (χ2n) is 7.90. The maximum atomic E-state index is 12.6. The Morgan fingerprint density at radius 3 is 2.59 bits per heavy atom. The number of aliphatic hydroxyl groups excluding tert-OH is 1. The number of amides is 1. The SMILES string of the molecule is COC(=O)c1nc([C@@H]2CCCN2C(=O)OC(C)(C)C)sc1C(O)c1ccccc1. The number of carbonyl (C=O) groups is 2. The van der Waals surface area contributed by atoms with Gasteiger partial charge < -0.3 is 14.6 Å². The molecule has 29 heavy (non-hydrogen) atoms. The summed E-state index contributed by atoms with van der Waals surface area (Å²) in [7, 11) is 1.28. The van der Waals surface area contributed by atoms with Gasteiger partial charge in [0, 0.05) is 6.54 Å². The summed E-state index contributed by atoms with van der Waals surface area (Å²) in [6, 6.07) is 8.77. The number of likely N-dealkylation sites (tertiary alicyclic amines) is 1. The maximum Gasteiger partial charge on any atom is 0.410 e. The minimum absolute atomic E-state index is 0.0832. The quantitative estimate of drug-likeness (QED) is 0.753. The third kappa shape index (κ3) is 4.76. The molecule has 0 aliphatic carbocycles. The number of esters is 1. The number of ether oxygens (including phenoxy) is 2. The molecule has 1 N–H and O–H groups in total. The molecule has 2 aromatic rings. The van der Waals surface area contributed by atoms with Crippen LogP contribution >= 0.6 is 11.3 Å². The Kier molecular flexibility index (Phi) is 6.24. The third-order valence-electron chi connectivity index (χ3n) is 4.58. The highest BCUT2D eigenvalue weighted by atomic mass is 32.1. The Bertz CT molecular complexity index is 875. The van der Waals surface area contributed by atoms with Gasteiger partial charge in [-0.25, -0.2) is 14.6 Å². The minimum atomic E-state index is -1.01. The summed E-state index contributed by atoms with van der Waals surface area (Å²) in [5.74, 6) is -0.612. The fraction of sp³-hybridized carbons (Fsp3) is 0.476. The number of hydrogen-bond acceptors (Lipinski definition) is 7. The van der Waals surface area contributed by atoms with E-state index >= 15 is 0 Å². The van der Waals surface area contributed by atoms with Crippen molar-refractivity contribution in [1.82, 2.24) is 9.88 Å². The summed E-state index contributed by atoms with van der Waals surface area (Å²) in [5.41, 5.74) is 0.141. The second kappa shape index (κ2) is 8.51. The van der Waals surface area contributed by atoms with Crippen LogP contribution in [0.1, 0.15) is 71.7 Å². The minimum Gasteiger partial charge on any atom is -0.464 e.